The molecule has 11 N–H and O–H groups in total. The summed E-state index contributed by atoms with van der Waals surface area (Å²) in [5.41, 5.74) is -1.80. The van der Waals surface area contributed by atoms with E-state index in [9.17, 15) is 65.8 Å². The predicted molar refractivity (Wildman–Crippen MR) is 236 cm³/mol. The summed E-state index contributed by atoms with van der Waals surface area (Å²) >= 11 is 0. The fourth-order valence-electron chi connectivity index (χ4n) is 15.3. The monoisotopic (exact) mass is 987 g/mol. The van der Waals surface area contributed by atoms with Crippen molar-refractivity contribution in [3.63, 3.8) is 0 Å². The molecule has 0 bridgehead atoms. The van der Waals surface area contributed by atoms with Crippen LogP contribution in [-0.2, 0) is 42.7 Å². The molecule has 8 aliphatic rings. The highest BCUT2D eigenvalue weighted by atomic mass is 16.7. The van der Waals surface area contributed by atoms with Crippen molar-refractivity contribution in [3.8, 4) is 0 Å². The second-order valence-electron chi connectivity index (χ2n) is 23.9. The summed E-state index contributed by atoms with van der Waals surface area (Å²) in [6.45, 7) is 13.9. The van der Waals surface area contributed by atoms with E-state index in [1.54, 1.807) is 0 Å². The van der Waals surface area contributed by atoms with Crippen molar-refractivity contribution in [2.24, 2.45) is 50.2 Å². The van der Waals surface area contributed by atoms with E-state index in [0.29, 0.717) is 38.5 Å². The smallest absolute Gasteiger partial charge is 0.337 e. The molecule has 0 amide bonds. The van der Waals surface area contributed by atoms with Gasteiger partial charge in [-0.1, -0.05) is 60.1 Å². The van der Waals surface area contributed by atoms with Crippen LogP contribution in [0.5, 0.6) is 0 Å². The van der Waals surface area contributed by atoms with Gasteiger partial charge in [0.15, 0.2) is 18.7 Å². The molecule has 7 fully saturated rings. The number of esters is 2. The number of methoxy groups -OCH3 is 1. The van der Waals surface area contributed by atoms with Crippen LogP contribution in [0, 0.1) is 50.2 Å². The zero-order valence-corrected chi connectivity index (χ0v) is 41.0. The van der Waals surface area contributed by atoms with Crippen LogP contribution < -0.4 is 0 Å². The molecule has 0 spiro atoms. The van der Waals surface area contributed by atoms with E-state index in [4.69, 9.17) is 33.2 Å². The molecule has 0 aromatic carbocycles. The SMILES string of the molecule is COC(=O)C1OC(OC2C(O)CC3(C)C(CCC4(C)C3CC=C3C5CC(C)(C)CCC5(C(=O)OC5OC(CO)C(O)C(O)C5O)CCC34C)C2(C)C)C(O)C(OC2OC(CO)C(O)C(O)C2O)C1O. The molecule has 0 aromatic rings. The standard InChI is InChI=1S/C49H78O20/c1-44(2)13-15-49(43(62)69-41-33(58)31(56)29(54)25(20-51)65-41)16-14-47(6)21(22(49)17-44)9-10-27-46(5)18-23(52)38(45(3,4)26(46)11-12-48(27,47)7)68-42-35(60)36(34(59)37(67-42)39(61)63-8)66-40-32(57)30(55)28(53)24(19-50)64-40/h9,22-38,40-42,50-60H,10-20H2,1-8H3. The van der Waals surface area contributed by atoms with Crippen LogP contribution in [-0.4, -0.2) is 193 Å². The molecule has 0 radical (unpaired) electrons. The molecule has 3 saturated heterocycles. The van der Waals surface area contributed by atoms with E-state index in [1.807, 2.05) is 13.8 Å². The Morgan fingerprint density at radius 1 is 0.652 bits per heavy atom. The lowest BCUT2D eigenvalue weighted by Crippen LogP contribution is -2.69. The van der Waals surface area contributed by atoms with Crippen molar-refractivity contribution in [2.45, 2.75) is 211 Å². The first kappa shape index (κ1) is 53.3. The summed E-state index contributed by atoms with van der Waals surface area (Å²) in [6, 6.07) is 0. The summed E-state index contributed by atoms with van der Waals surface area (Å²) in [7, 11) is 1.07. The molecular formula is C49H78O20. The van der Waals surface area contributed by atoms with E-state index in [0.717, 1.165) is 26.4 Å². The predicted octanol–water partition coefficient (Wildman–Crippen LogP) is -0.708. The summed E-state index contributed by atoms with van der Waals surface area (Å²) in [5, 5.41) is 118. The van der Waals surface area contributed by atoms with E-state index in [-0.39, 0.29) is 34.0 Å². The van der Waals surface area contributed by atoms with Gasteiger partial charge in [-0.15, -0.1) is 0 Å². The Bertz CT molecular complexity index is 1930. The first-order valence-electron chi connectivity index (χ1n) is 24.8. The quantitative estimate of drug-likeness (QED) is 0.0773. The van der Waals surface area contributed by atoms with Crippen molar-refractivity contribution in [3.05, 3.63) is 11.6 Å². The Morgan fingerprint density at radius 3 is 1.84 bits per heavy atom. The number of allylic oxidation sites excluding steroid dienone is 2. The molecule has 4 saturated carbocycles. The molecule has 5 aliphatic carbocycles. The molecule has 394 valence electrons. The van der Waals surface area contributed by atoms with Gasteiger partial charge in [0.25, 0.3) is 0 Å². The van der Waals surface area contributed by atoms with Crippen LogP contribution in [0.2, 0.25) is 0 Å². The number of aliphatic hydroxyl groups excluding tert-OH is 11. The van der Waals surface area contributed by atoms with Crippen molar-refractivity contribution in [1.82, 2.24) is 0 Å². The number of hydrogen-bond acceptors (Lipinski definition) is 20. The minimum Gasteiger partial charge on any atom is -0.467 e. The molecule has 0 aromatic heterocycles. The molecule has 69 heavy (non-hydrogen) atoms. The summed E-state index contributed by atoms with van der Waals surface area (Å²) in [6.07, 6.45) is -19.6. The van der Waals surface area contributed by atoms with Crippen LogP contribution >= 0.6 is 0 Å². The van der Waals surface area contributed by atoms with Crippen LogP contribution in [0.1, 0.15) is 106 Å². The third-order valence-corrected chi connectivity index (χ3v) is 19.4. The average Bonchev–Trinajstić information content (AvgIpc) is 3.29. The molecule has 3 aliphatic heterocycles. The van der Waals surface area contributed by atoms with E-state index >= 15 is 0 Å². The Hall–Kier alpha value is -1.96. The maximum absolute atomic E-state index is 14.7. The van der Waals surface area contributed by atoms with Gasteiger partial charge >= 0.3 is 11.9 Å². The second-order valence-corrected chi connectivity index (χ2v) is 23.9. The van der Waals surface area contributed by atoms with Gasteiger partial charge in [0.1, 0.15) is 67.1 Å². The van der Waals surface area contributed by atoms with E-state index < -0.39 is 146 Å². The minimum atomic E-state index is -1.91. The zero-order chi connectivity index (χ0) is 50.7. The lowest BCUT2D eigenvalue weighted by molar-refractivity contribution is -0.370. The summed E-state index contributed by atoms with van der Waals surface area (Å²) < 4.78 is 40.3. The van der Waals surface area contributed by atoms with Gasteiger partial charge in [-0.05, 0) is 103 Å². The highest BCUT2D eigenvalue weighted by Gasteiger charge is 2.71. The van der Waals surface area contributed by atoms with E-state index in [1.165, 1.54) is 5.57 Å². The molecule has 24 unspecified atom stereocenters. The van der Waals surface area contributed by atoms with Gasteiger partial charge in [-0.2, -0.15) is 0 Å². The third kappa shape index (κ3) is 8.36. The lowest BCUT2D eigenvalue weighted by atomic mass is 9.33. The largest absolute Gasteiger partial charge is 0.467 e. The van der Waals surface area contributed by atoms with Crippen molar-refractivity contribution in [2.75, 3.05) is 20.3 Å². The summed E-state index contributed by atoms with van der Waals surface area (Å²) in [5.74, 6) is -1.77. The van der Waals surface area contributed by atoms with E-state index in [2.05, 4.69) is 40.7 Å². The van der Waals surface area contributed by atoms with Crippen LogP contribution in [0.25, 0.3) is 0 Å². The van der Waals surface area contributed by atoms with Crippen LogP contribution in [0.15, 0.2) is 11.6 Å². The molecule has 8 rings (SSSR count). The van der Waals surface area contributed by atoms with Gasteiger partial charge in [-0.25, -0.2) is 4.79 Å². The molecule has 20 nitrogen and oxygen atoms in total. The maximum atomic E-state index is 14.7. The molecule has 20 heteroatoms. The number of carbonyl (C=O) groups excluding carboxylic acids is 2. The minimum absolute atomic E-state index is 0.0521. The Balaban J connectivity index is 1.05. The lowest BCUT2D eigenvalue weighted by Gasteiger charge is -2.71. The topological polar surface area (TPSA) is 321 Å². The molecule has 3 heterocycles. The van der Waals surface area contributed by atoms with Gasteiger partial charge in [0.2, 0.25) is 6.29 Å². The highest BCUT2D eigenvalue weighted by molar-refractivity contribution is 5.79. The molecule has 24 atom stereocenters. The van der Waals surface area contributed by atoms with Crippen molar-refractivity contribution < 1.29 is 98.9 Å². The number of ether oxygens (including phenoxy) is 7. The Kier molecular flexibility index (Phi) is 14.5. The average molecular weight is 987 g/mol. The van der Waals surface area contributed by atoms with Gasteiger partial charge < -0.3 is 89.3 Å². The van der Waals surface area contributed by atoms with Crippen molar-refractivity contribution in [1.29, 1.82) is 0 Å². The zero-order valence-electron chi connectivity index (χ0n) is 41.0. The highest BCUT2D eigenvalue weighted by Crippen LogP contribution is 2.76. The maximum Gasteiger partial charge on any atom is 0.337 e. The fraction of sp³-hybridized carbons (Fsp3) is 0.918. The number of hydrogen-bond donors (Lipinski definition) is 11. The van der Waals surface area contributed by atoms with Crippen LogP contribution in [0.3, 0.4) is 0 Å². The van der Waals surface area contributed by atoms with Gasteiger partial charge in [0.05, 0.1) is 37.9 Å². The normalized spacial score (nSPS) is 52.5. The number of aliphatic hydroxyl groups is 11. The summed E-state index contributed by atoms with van der Waals surface area (Å²) in [4.78, 5) is 27.7. The Labute approximate surface area is 402 Å². The first-order chi connectivity index (χ1) is 32.2. The van der Waals surface area contributed by atoms with Gasteiger partial charge in [-0.3, -0.25) is 4.79 Å². The van der Waals surface area contributed by atoms with Crippen LogP contribution in [0.4, 0.5) is 0 Å². The number of fused-ring (bicyclic) bond motifs is 7. The number of carbonyl (C=O) groups is 2. The second kappa shape index (κ2) is 18.8. The fourth-order valence-corrected chi connectivity index (χ4v) is 15.3. The van der Waals surface area contributed by atoms with Crippen molar-refractivity contribution >= 4 is 11.9 Å². The first-order valence-corrected chi connectivity index (χ1v) is 24.8. The third-order valence-electron chi connectivity index (χ3n) is 19.4. The Morgan fingerprint density at radius 2 is 1.23 bits per heavy atom. The van der Waals surface area contributed by atoms with Gasteiger partial charge in [0, 0.05) is 0 Å². The molecular weight excluding hydrogens is 909 g/mol. The number of rotatable bonds is 9.